The van der Waals surface area contributed by atoms with Crippen molar-refractivity contribution in [3.8, 4) is 0 Å². The minimum Gasteiger partial charge on any atom is -0.335 e. The van der Waals surface area contributed by atoms with Gasteiger partial charge in [0.05, 0.1) is 24.7 Å². The van der Waals surface area contributed by atoms with Crippen LogP contribution in [0.4, 0.5) is 30.7 Å². The Kier molecular flexibility index (Phi) is 5.59. The first-order valence-electron chi connectivity index (χ1n) is 10.5. The van der Waals surface area contributed by atoms with Crippen LogP contribution in [-0.4, -0.2) is 41.6 Å². The first-order valence-corrected chi connectivity index (χ1v) is 11.6. The smallest absolute Gasteiger partial charge is 0.335 e. The fourth-order valence-corrected chi connectivity index (χ4v) is 4.99. The Morgan fingerprint density at radius 1 is 1.03 bits per heavy atom. The fourth-order valence-electron chi connectivity index (χ4n) is 4.24. The third-order valence-electron chi connectivity index (χ3n) is 6.40. The highest BCUT2D eigenvalue weighted by molar-refractivity contribution is 8.00. The minimum atomic E-state index is -5.16. The summed E-state index contributed by atoms with van der Waals surface area (Å²) >= 11 is 1.65. The Hall–Kier alpha value is -2.73. The van der Waals surface area contributed by atoms with Gasteiger partial charge in [-0.3, -0.25) is 15.1 Å². The molecule has 3 aliphatic heterocycles. The maximum Gasteiger partial charge on any atom is 0.428 e. The van der Waals surface area contributed by atoms with Gasteiger partial charge in [0.25, 0.3) is 0 Å². The first kappa shape index (κ1) is 24.0. The van der Waals surface area contributed by atoms with Gasteiger partial charge >= 0.3 is 6.18 Å². The van der Waals surface area contributed by atoms with Crippen LogP contribution in [0.1, 0.15) is 16.7 Å². The summed E-state index contributed by atoms with van der Waals surface area (Å²) in [6.45, 7) is -0.204. The van der Waals surface area contributed by atoms with Crippen molar-refractivity contribution in [3.63, 3.8) is 0 Å². The van der Waals surface area contributed by atoms with Crippen molar-refractivity contribution in [2.75, 3.05) is 24.6 Å². The van der Waals surface area contributed by atoms with Crippen molar-refractivity contribution in [1.29, 1.82) is 0 Å². The molecule has 3 aliphatic rings. The second kappa shape index (κ2) is 8.16. The van der Waals surface area contributed by atoms with E-state index in [4.69, 9.17) is 4.84 Å². The van der Waals surface area contributed by atoms with Gasteiger partial charge in [-0.15, -0.1) is 0 Å². The molecule has 35 heavy (non-hydrogen) atoms. The maximum atomic E-state index is 15.2. The molecular formula is C23H17F7N2O2S. The molecule has 0 aromatic heterocycles. The van der Waals surface area contributed by atoms with Crippen LogP contribution in [0.5, 0.6) is 0 Å². The molecule has 0 bridgehead atoms. The molecule has 1 amide bonds. The van der Waals surface area contributed by atoms with Gasteiger partial charge in [-0.1, -0.05) is 24.3 Å². The van der Waals surface area contributed by atoms with Gasteiger partial charge in [0.1, 0.15) is 0 Å². The van der Waals surface area contributed by atoms with Crippen LogP contribution in [0.15, 0.2) is 42.5 Å². The summed E-state index contributed by atoms with van der Waals surface area (Å²) in [4.78, 5) is 18.5. The van der Waals surface area contributed by atoms with E-state index in [1.54, 1.807) is 11.8 Å². The number of benzene rings is 2. The number of rotatable bonds is 4. The average molecular weight is 518 g/mol. The van der Waals surface area contributed by atoms with Crippen molar-refractivity contribution in [1.82, 2.24) is 10.4 Å². The van der Waals surface area contributed by atoms with Crippen molar-refractivity contribution in [2.45, 2.75) is 17.4 Å². The van der Waals surface area contributed by atoms with E-state index in [2.05, 4.69) is 5.48 Å². The molecule has 5 rings (SSSR count). The number of alkyl halides is 4. The zero-order chi connectivity index (χ0) is 25.2. The molecule has 2 fully saturated rings. The monoisotopic (exact) mass is 518 g/mol. The Bertz CT molecular complexity index is 1180. The Morgan fingerprint density at radius 2 is 1.63 bits per heavy atom. The van der Waals surface area contributed by atoms with E-state index in [0.29, 0.717) is 6.08 Å². The SMILES string of the molecule is O=C(C1CSC1)N1CC(F)(c2ccc(C3=CC(c4cc(F)c(F)c(F)c4)(C(F)(F)F)ON3)cc2)C1. The second-order valence-electron chi connectivity index (χ2n) is 8.72. The highest BCUT2D eigenvalue weighted by Crippen LogP contribution is 2.48. The van der Waals surface area contributed by atoms with Gasteiger partial charge in [0, 0.05) is 17.1 Å². The molecule has 12 heteroatoms. The highest BCUT2D eigenvalue weighted by Gasteiger charge is 2.60. The quantitative estimate of drug-likeness (QED) is 0.466. The molecule has 2 aromatic carbocycles. The highest BCUT2D eigenvalue weighted by atomic mass is 32.2. The van der Waals surface area contributed by atoms with Gasteiger partial charge in [0.2, 0.25) is 11.5 Å². The molecule has 0 radical (unpaired) electrons. The number of nitrogens with zero attached hydrogens (tertiary/aromatic N) is 1. The lowest BCUT2D eigenvalue weighted by Crippen LogP contribution is -2.61. The number of halogens is 7. The molecule has 3 heterocycles. The molecule has 2 saturated heterocycles. The van der Waals surface area contributed by atoms with E-state index >= 15 is 4.39 Å². The number of likely N-dealkylation sites (tertiary alicyclic amines) is 1. The summed E-state index contributed by atoms with van der Waals surface area (Å²) in [5.74, 6) is -4.20. The van der Waals surface area contributed by atoms with Crippen molar-refractivity contribution < 1.29 is 40.4 Å². The van der Waals surface area contributed by atoms with E-state index in [-0.39, 0.29) is 53.9 Å². The van der Waals surface area contributed by atoms with Crippen LogP contribution in [-0.2, 0) is 20.9 Å². The van der Waals surface area contributed by atoms with Gasteiger partial charge in [-0.05, 0) is 29.3 Å². The number of carbonyl (C=O) groups is 1. The standard InChI is InChI=1S/C23H17F7N2O2S/c24-16-5-15(6-17(25)19(16)26)22(23(28,29)30)7-18(31-34-22)12-1-3-14(4-2-12)21(27)10-32(11-21)20(33)13-8-35-9-13/h1-7,13,31H,8-11H2. The molecular weight excluding hydrogens is 501 g/mol. The summed E-state index contributed by atoms with van der Waals surface area (Å²) in [5.41, 5.74) is -3.67. The third-order valence-corrected chi connectivity index (χ3v) is 7.67. The third kappa shape index (κ3) is 3.86. The van der Waals surface area contributed by atoms with Crippen molar-refractivity contribution >= 4 is 23.4 Å². The number of hydrogen-bond acceptors (Lipinski definition) is 4. The predicted octanol–water partition coefficient (Wildman–Crippen LogP) is 4.81. The maximum absolute atomic E-state index is 15.2. The molecule has 0 saturated carbocycles. The van der Waals surface area contributed by atoms with E-state index < -0.39 is 40.5 Å². The summed E-state index contributed by atoms with van der Waals surface area (Å²) in [6.07, 6.45) is -4.58. The number of hydrogen-bond donors (Lipinski definition) is 1. The van der Waals surface area contributed by atoms with Crippen LogP contribution in [0.25, 0.3) is 5.70 Å². The number of hydroxylamine groups is 1. The second-order valence-corrected chi connectivity index (χ2v) is 9.80. The fraction of sp³-hybridized carbons (Fsp3) is 0.348. The van der Waals surface area contributed by atoms with Crippen LogP contribution >= 0.6 is 11.8 Å². The summed E-state index contributed by atoms with van der Waals surface area (Å²) in [6, 6.07) is 5.95. The van der Waals surface area contributed by atoms with Crippen LogP contribution in [0.2, 0.25) is 0 Å². The van der Waals surface area contributed by atoms with E-state index in [1.165, 1.54) is 29.2 Å². The average Bonchev–Trinajstić information content (AvgIpc) is 3.21. The van der Waals surface area contributed by atoms with Gasteiger partial charge in [0.15, 0.2) is 23.1 Å². The lowest BCUT2D eigenvalue weighted by atomic mass is 9.86. The van der Waals surface area contributed by atoms with Gasteiger partial charge in [-0.2, -0.15) is 24.9 Å². The molecule has 1 atom stereocenters. The lowest BCUT2D eigenvalue weighted by Gasteiger charge is -2.46. The molecule has 1 unspecified atom stereocenters. The van der Waals surface area contributed by atoms with Gasteiger partial charge in [-0.25, -0.2) is 17.6 Å². The van der Waals surface area contributed by atoms with Crippen molar-refractivity contribution in [3.05, 3.63) is 76.6 Å². The Morgan fingerprint density at radius 3 is 2.14 bits per heavy atom. The zero-order valence-electron chi connectivity index (χ0n) is 17.8. The summed E-state index contributed by atoms with van der Waals surface area (Å²) in [5, 5.41) is 0. The molecule has 0 spiro atoms. The van der Waals surface area contributed by atoms with E-state index in [0.717, 1.165) is 11.5 Å². The van der Waals surface area contributed by atoms with E-state index in [1.807, 2.05) is 0 Å². The molecule has 0 aliphatic carbocycles. The van der Waals surface area contributed by atoms with Crippen molar-refractivity contribution in [2.24, 2.45) is 5.92 Å². The minimum absolute atomic E-state index is 0.0794. The van der Waals surface area contributed by atoms with E-state index in [9.17, 15) is 31.1 Å². The number of amides is 1. The van der Waals surface area contributed by atoms with Crippen LogP contribution < -0.4 is 5.48 Å². The van der Waals surface area contributed by atoms with Crippen LogP contribution in [0.3, 0.4) is 0 Å². The Balaban J connectivity index is 1.39. The number of nitrogens with one attached hydrogen (secondary N) is 1. The van der Waals surface area contributed by atoms with Gasteiger partial charge < -0.3 is 4.90 Å². The predicted molar refractivity (Wildman–Crippen MR) is 113 cm³/mol. The normalized spacial score (nSPS) is 23.9. The largest absolute Gasteiger partial charge is 0.428 e. The summed E-state index contributed by atoms with van der Waals surface area (Å²) < 4.78 is 97.8. The number of carbonyl (C=O) groups excluding carboxylic acids is 1. The Labute approximate surface area is 199 Å². The molecule has 4 nitrogen and oxygen atoms in total. The molecule has 1 N–H and O–H groups in total. The first-order chi connectivity index (χ1) is 16.4. The zero-order valence-corrected chi connectivity index (χ0v) is 18.6. The topological polar surface area (TPSA) is 41.6 Å². The molecule has 186 valence electrons. The summed E-state index contributed by atoms with van der Waals surface area (Å²) in [7, 11) is 0. The number of thioether (sulfide) groups is 1. The molecule has 2 aromatic rings. The van der Waals surface area contributed by atoms with Crippen LogP contribution in [0, 0.1) is 23.4 Å². The lowest BCUT2D eigenvalue weighted by molar-refractivity contribution is -0.269.